The standard InChI is InChI=1S/C18H22N4O3/c23-18-5-4-17(22(24)25)11-14(18)12-20-15-6-9-21(10-7-15)13-16-3-1-2-8-19-16/h1-5,8,11,15,20,23H,6-7,9-10,12-13H2. The molecule has 0 bridgehead atoms. The number of aromatic hydroxyl groups is 1. The van der Waals surface area contributed by atoms with E-state index in [1.54, 1.807) is 0 Å². The van der Waals surface area contributed by atoms with Gasteiger partial charge in [-0.1, -0.05) is 6.07 Å². The molecule has 0 unspecified atom stereocenters. The molecule has 132 valence electrons. The summed E-state index contributed by atoms with van der Waals surface area (Å²) < 4.78 is 0. The van der Waals surface area contributed by atoms with Crippen LogP contribution in [0.3, 0.4) is 0 Å². The number of hydrogen-bond acceptors (Lipinski definition) is 6. The number of rotatable bonds is 6. The topological polar surface area (TPSA) is 91.5 Å². The number of likely N-dealkylation sites (tertiary alicyclic amines) is 1. The van der Waals surface area contributed by atoms with Crippen LogP contribution in [-0.2, 0) is 13.1 Å². The molecule has 0 aliphatic carbocycles. The Morgan fingerprint density at radius 3 is 2.76 bits per heavy atom. The number of phenols is 1. The third-order valence-electron chi connectivity index (χ3n) is 4.55. The largest absolute Gasteiger partial charge is 0.508 e. The van der Waals surface area contributed by atoms with Crippen molar-refractivity contribution in [3.63, 3.8) is 0 Å². The van der Waals surface area contributed by atoms with Gasteiger partial charge in [0.05, 0.1) is 10.6 Å². The van der Waals surface area contributed by atoms with Crippen molar-refractivity contribution < 1.29 is 10.0 Å². The molecule has 1 fully saturated rings. The molecule has 2 aromatic rings. The van der Waals surface area contributed by atoms with Crippen LogP contribution in [0, 0.1) is 10.1 Å². The number of phenolic OH excluding ortho intramolecular Hbond substituents is 1. The fraction of sp³-hybridized carbons (Fsp3) is 0.389. The van der Waals surface area contributed by atoms with Gasteiger partial charge in [-0.05, 0) is 31.0 Å². The number of pyridine rings is 1. The number of piperidine rings is 1. The molecule has 0 amide bonds. The summed E-state index contributed by atoms with van der Waals surface area (Å²) in [6.07, 6.45) is 3.82. The summed E-state index contributed by atoms with van der Waals surface area (Å²) in [6.45, 7) is 3.25. The summed E-state index contributed by atoms with van der Waals surface area (Å²) in [7, 11) is 0. The third-order valence-corrected chi connectivity index (χ3v) is 4.55. The van der Waals surface area contributed by atoms with E-state index >= 15 is 0 Å². The SMILES string of the molecule is O=[N+]([O-])c1ccc(O)c(CNC2CCN(Cc3ccccn3)CC2)c1. The van der Waals surface area contributed by atoms with Crippen LogP contribution >= 0.6 is 0 Å². The maximum atomic E-state index is 10.8. The number of nitro benzene ring substituents is 1. The minimum absolute atomic E-state index is 0.000203. The second-order valence-electron chi connectivity index (χ2n) is 6.32. The first-order valence-electron chi connectivity index (χ1n) is 8.44. The van der Waals surface area contributed by atoms with Crippen LogP contribution in [0.2, 0.25) is 0 Å². The van der Waals surface area contributed by atoms with Crippen LogP contribution in [0.4, 0.5) is 5.69 Å². The normalized spacial score (nSPS) is 16.0. The molecular weight excluding hydrogens is 320 g/mol. The quantitative estimate of drug-likeness (QED) is 0.619. The van der Waals surface area contributed by atoms with Crippen molar-refractivity contribution in [2.24, 2.45) is 0 Å². The van der Waals surface area contributed by atoms with Gasteiger partial charge in [0.25, 0.3) is 5.69 Å². The van der Waals surface area contributed by atoms with Crippen molar-refractivity contribution in [2.75, 3.05) is 13.1 Å². The maximum Gasteiger partial charge on any atom is 0.270 e. The van der Waals surface area contributed by atoms with Gasteiger partial charge in [-0.25, -0.2) is 0 Å². The monoisotopic (exact) mass is 342 g/mol. The van der Waals surface area contributed by atoms with Crippen LogP contribution in [0.1, 0.15) is 24.1 Å². The average molecular weight is 342 g/mol. The van der Waals surface area contributed by atoms with Gasteiger partial charge in [0.15, 0.2) is 0 Å². The van der Waals surface area contributed by atoms with Gasteiger partial charge < -0.3 is 10.4 Å². The molecule has 2 heterocycles. The van der Waals surface area contributed by atoms with Crippen LogP contribution < -0.4 is 5.32 Å². The zero-order chi connectivity index (χ0) is 17.6. The lowest BCUT2D eigenvalue weighted by Gasteiger charge is -2.32. The number of nitrogens with zero attached hydrogens (tertiary/aromatic N) is 3. The van der Waals surface area contributed by atoms with Crippen molar-refractivity contribution in [1.82, 2.24) is 15.2 Å². The zero-order valence-corrected chi connectivity index (χ0v) is 14.0. The van der Waals surface area contributed by atoms with E-state index < -0.39 is 4.92 Å². The molecule has 0 atom stereocenters. The molecule has 7 nitrogen and oxygen atoms in total. The first kappa shape index (κ1) is 17.3. The van der Waals surface area contributed by atoms with Gasteiger partial charge in [-0.2, -0.15) is 0 Å². The Hall–Kier alpha value is -2.51. The van der Waals surface area contributed by atoms with E-state index in [2.05, 4.69) is 15.2 Å². The van der Waals surface area contributed by atoms with Crippen molar-refractivity contribution in [3.05, 3.63) is 64.0 Å². The Kier molecular flexibility index (Phi) is 5.57. The fourth-order valence-corrected chi connectivity index (χ4v) is 3.10. The van der Waals surface area contributed by atoms with Crippen molar-refractivity contribution in [2.45, 2.75) is 32.0 Å². The second kappa shape index (κ2) is 8.04. The Bertz CT molecular complexity index is 716. The lowest BCUT2D eigenvalue weighted by atomic mass is 10.0. The van der Waals surface area contributed by atoms with Gasteiger partial charge in [-0.15, -0.1) is 0 Å². The Morgan fingerprint density at radius 1 is 1.28 bits per heavy atom. The van der Waals surface area contributed by atoms with Gasteiger partial charge in [0.1, 0.15) is 5.75 Å². The molecule has 0 radical (unpaired) electrons. The van der Waals surface area contributed by atoms with Crippen molar-refractivity contribution in [1.29, 1.82) is 0 Å². The van der Waals surface area contributed by atoms with Gasteiger partial charge >= 0.3 is 0 Å². The minimum Gasteiger partial charge on any atom is -0.508 e. The van der Waals surface area contributed by atoms with Gasteiger partial charge in [0, 0.05) is 56.1 Å². The summed E-state index contributed by atoms with van der Waals surface area (Å²) in [4.78, 5) is 17.1. The molecule has 1 aliphatic heterocycles. The highest BCUT2D eigenvalue weighted by Gasteiger charge is 2.20. The highest BCUT2D eigenvalue weighted by atomic mass is 16.6. The highest BCUT2D eigenvalue weighted by molar-refractivity contribution is 5.42. The van der Waals surface area contributed by atoms with E-state index in [9.17, 15) is 15.2 Å². The third kappa shape index (κ3) is 4.74. The van der Waals surface area contributed by atoms with E-state index in [1.165, 1.54) is 18.2 Å². The number of benzene rings is 1. The molecule has 0 spiro atoms. The molecule has 25 heavy (non-hydrogen) atoms. The smallest absolute Gasteiger partial charge is 0.270 e. The Balaban J connectivity index is 1.48. The van der Waals surface area contributed by atoms with Crippen molar-refractivity contribution in [3.8, 4) is 5.75 Å². The lowest BCUT2D eigenvalue weighted by Crippen LogP contribution is -2.41. The van der Waals surface area contributed by atoms with E-state index in [0.717, 1.165) is 38.2 Å². The highest BCUT2D eigenvalue weighted by Crippen LogP contribution is 2.23. The lowest BCUT2D eigenvalue weighted by molar-refractivity contribution is -0.384. The molecular formula is C18H22N4O3. The number of nitrogens with one attached hydrogen (secondary N) is 1. The van der Waals surface area contributed by atoms with Gasteiger partial charge in [-0.3, -0.25) is 20.0 Å². The number of aromatic nitrogens is 1. The second-order valence-corrected chi connectivity index (χ2v) is 6.32. The van der Waals surface area contributed by atoms with Crippen LogP contribution in [0.25, 0.3) is 0 Å². The maximum absolute atomic E-state index is 10.8. The number of nitro groups is 1. The molecule has 2 N–H and O–H groups in total. The fourth-order valence-electron chi connectivity index (χ4n) is 3.10. The van der Waals surface area contributed by atoms with Crippen LogP contribution in [-0.4, -0.2) is 39.0 Å². The Labute approximate surface area is 146 Å². The molecule has 0 saturated carbocycles. The van der Waals surface area contributed by atoms with E-state index in [4.69, 9.17) is 0 Å². The predicted octanol–water partition coefficient (Wildman–Crippen LogP) is 2.45. The summed E-state index contributed by atoms with van der Waals surface area (Å²) >= 11 is 0. The summed E-state index contributed by atoms with van der Waals surface area (Å²) in [5.41, 5.74) is 1.64. The molecule has 1 aromatic carbocycles. The molecule has 1 saturated heterocycles. The van der Waals surface area contributed by atoms with E-state index in [0.29, 0.717) is 18.2 Å². The molecule has 1 aliphatic rings. The molecule has 7 heteroatoms. The van der Waals surface area contributed by atoms with Crippen molar-refractivity contribution >= 4 is 5.69 Å². The van der Waals surface area contributed by atoms with Crippen LogP contribution in [0.5, 0.6) is 5.75 Å². The minimum atomic E-state index is -0.445. The van der Waals surface area contributed by atoms with E-state index in [1.807, 2.05) is 24.4 Å². The first-order valence-corrected chi connectivity index (χ1v) is 8.44. The van der Waals surface area contributed by atoms with Crippen LogP contribution in [0.15, 0.2) is 42.6 Å². The predicted molar refractivity (Wildman–Crippen MR) is 94.1 cm³/mol. The first-order chi connectivity index (χ1) is 12.1. The average Bonchev–Trinajstić information content (AvgIpc) is 2.63. The van der Waals surface area contributed by atoms with E-state index in [-0.39, 0.29) is 11.4 Å². The molecule has 3 rings (SSSR count). The number of non-ortho nitro benzene ring substituents is 1. The molecule has 1 aromatic heterocycles. The summed E-state index contributed by atoms with van der Waals surface area (Å²) in [5, 5.41) is 24.1. The Morgan fingerprint density at radius 2 is 2.08 bits per heavy atom. The number of hydrogen-bond donors (Lipinski definition) is 2. The zero-order valence-electron chi connectivity index (χ0n) is 14.0. The summed E-state index contributed by atoms with van der Waals surface area (Å²) in [6, 6.07) is 10.4. The van der Waals surface area contributed by atoms with Gasteiger partial charge in [0.2, 0.25) is 0 Å². The summed E-state index contributed by atoms with van der Waals surface area (Å²) in [5.74, 6) is 0.0886.